The van der Waals surface area contributed by atoms with Gasteiger partial charge in [0.1, 0.15) is 0 Å². The molecule has 1 aromatic carbocycles. The van der Waals surface area contributed by atoms with Gasteiger partial charge in [-0.15, -0.1) is 0 Å². The Morgan fingerprint density at radius 3 is 2.05 bits per heavy atom. The summed E-state index contributed by atoms with van der Waals surface area (Å²) in [6.07, 6.45) is 1.17. The number of halogens is 1. The average Bonchev–Trinajstić information content (AvgIpc) is 2.36. The molecule has 1 rings (SSSR count). The molecule has 2 atom stereocenters. The topological polar surface area (TPSA) is 63.2 Å². The van der Waals surface area contributed by atoms with E-state index in [1.807, 2.05) is 20.8 Å². The Balaban J connectivity index is 2.79. The van der Waals surface area contributed by atoms with Crippen molar-refractivity contribution in [3.63, 3.8) is 0 Å². The molecule has 6 heteroatoms. The summed E-state index contributed by atoms with van der Waals surface area (Å²) < 4.78 is 22.8. The maximum absolute atomic E-state index is 11.9. The molecule has 1 N–H and O–H groups in total. The highest BCUT2D eigenvalue weighted by molar-refractivity contribution is 9.10. The van der Waals surface area contributed by atoms with Crippen LogP contribution in [0.3, 0.4) is 0 Å². The quantitative estimate of drug-likeness (QED) is 0.820. The normalized spacial score (nSPS) is 14.9. The smallest absolute Gasteiger partial charge is 0.234 e. The van der Waals surface area contributed by atoms with Gasteiger partial charge < -0.3 is 5.32 Å². The van der Waals surface area contributed by atoms with Crippen molar-refractivity contribution in [1.82, 2.24) is 5.32 Å². The summed E-state index contributed by atoms with van der Waals surface area (Å²) >= 11 is 3.35. The average molecular weight is 362 g/mol. The molecular formula is C14H20BrNO3S. The van der Waals surface area contributed by atoms with E-state index in [0.717, 1.165) is 5.56 Å². The number of carbonyl (C=O) groups excluding carboxylic acids is 1. The van der Waals surface area contributed by atoms with Crippen molar-refractivity contribution in [3.05, 3.63) is 29.8 Å². The molecule has 0 aliphatic carbocycles. The molecule has 20 heavy (non-hydrogen) atoms. The minimum atomic E-state index is -3.19. The Morgan fingerprint density at radius 2 is 1.65 bits per heavy atom. The van der Waals surface area contributed by atoms with E-state index in [-0.39, 0.29) is 27.6 Å². The van der Waals surface area contributed by atoms with E-state index < -0.39 is 9.84 Å². The molecule has 0 spiro atoms. The van der Waals surface area contributed by atoms with Crippen LogP contribution in [0.5, 0.6) is 0 Å². The Morgan fingerprint density at radius 1 is 1.15 bits per heavy atom. The largest absolute Gasteiger partial charge is 0.349 e. The van der Waals surface area contributed by atoms with Crippen LogP contribution in [0.2, 0.25) is 0 Å². The first-order chi connectivity index (χ1) is 9.12. The Bertz CT molecular complexity index is 567. The van der Waals surface area contributed by atoms with Gasteiger partial charge >= 0.3 is 0 Å². The van der Waals surface area contributed by atoms with Gasteiger partial charge in [-0.2, -0.15) is 0 Å². The molecule has 0 fully saturated rings. The van der Waals surface area contributed by atoms with Gasteiger partial charge in [-0.1, -0.05) is 41.9 Å². The molecule has 0 saturated carbocycles. The molecule has 2 unspecified atom stereocenters. The fourth-order valence-electron chi connectivity index (χ4n) is 1.68. The van der Waals surface area contributed by atoms with E-state index in [1.54, 1.807) is 24.3 Å². The van der Waals surface area contributed by atoms with Crippen molar-refractivity contribution < 1.29 is 13.2 Å². The summed E-state index contributed by atoms with van der Waals surface area (Å²) in [5.74, 6) is 0.134. The molecule has 0 bridgehead atoms. The second-order valence-corrected chi connectivity index (χ2v) is 8.22. The van der Waals surface area contributed by atoms with Gasteiger partial charge in [0.05, 0.1) is 15.8 Å². The van der Waals surface area contributed by atoms with E-state index in [2.05, 4.69) is 21.2 Å². The van der Waals surface area contributed by atoms with Gasteiger partial charge in [-0.05, 0) is 30.5 Å². The molecule has 0 aliphatic rings. The third-order valence-electron chi connectivity index (χ3n) is 3.00. The second kappa shape index (κ2) is 6.72. The number of nitrogens with one attached hydrogen (secondary N) is 1. The van der Waals surface area contributed by atoms with E-state index in [4.69, 9.17) is 0 Å². The van der Waals surface area contributed by atoms with Gasteiger partial charge in [0.2, 0.25) is 5.91 Å². The highest BCUT2D eigenvalue weighted by Crippen LogP contribution is 2.18. The van der Waals surface area contributed by atoms with Crippen LogP contribution in [-0.2, 0) is 14.6 Å². The number of benzene rings is 1. The Hall–Kier alpha value is -0.880. The molecule has 0 aromatic heterocycles. The van der Waals surface area contributed by atoms with Gasteiger partial charge in [0.25, 0.3) is 0 Å². The van der Waals surface area contributed by atoms with Crippen molar-refractivity contribution in [2.45, 2.75) is 36.5 Å². The van der Waals surface area contributed by atoms with Gasteiger partial charge in [0.15, 0.2) is 9.84 Å². The zero-order chi connectivity index (χ0) is 15.5. The van der Waals surface area contributed by atoms with Crippen LogP contribution in [0.4, 0.5) is 0 Å². The van der Waals surface area contributed by atoms with Gasteiger partial charge in [-0.25, -0.2) is 8.42 Å². The first kappa shape index (κ1) is 17.2. The van der Waals surface area contributed by atoms with E-state index in [1.165, 1.54) is 6.26 Å². The molecule has 1 aromatic rings. The Labute approximate surface area is 129 Å². The van der Waals surface area contributed by atoms with Gasteiger partial charge in [0, 0.05) is 6.26 Å². The minimum absolute atomic E-state index is 0.0697. The fraction of sp³-hybridized carbons (Fsp3) is 0.500. The lowest BCUT2D eigenvalue weighted by atomic mass is 10.1. The zero-order valence-electron chi connectivity index (χ0n) is 12.1. The highest BCUT2D eigenvalue weighted by atomic mass is 79.9. The zero-order valence-corrected chi connectivity index (χ0v) is 14.5. The van der Waals surface area contributed by atoms with Crippen molar-refractivity contribution in [2.75, 3.05) is 6.26 Å². The SMILES string of the molecule is CC(NC(=O)C(Br)C(C)C)c1ccc(S(C)(=O)=O)cc1. The minimum Gasteiger partial charge on any atom is -0.349 e. The molecule has 112 valence electrons. The van der Waals surface area contributed by atoms with E-state index in [0.29, 0.717) is 0 Å². The number of hydrogen-bond acceptors (Lipinski definition) is 3. The number of alkyl halides is 1. The van der Waals surface area contributed by atoms with Crippen LogP contribution >= 0.6 is 15.9 Å². The van der Waals surface area contributed by atoms with Crippen LogP contribution < -0.4 is 5.32 Å². The summed E-state index contributed by atoms with van der Waals surface area (Å²) in [5.41, 5.74) is 0.870. The lowest BCUT2D eigenvalue weighted by Crippen LogP contribution is -2.35. The third-order valence-corrected chi connectivity index (χ3v) is 5.60. The third kappa shape index (κ3) is 4.59. The predicted molar refractivity (Wildman–Crippen MR) is 83.7 cm³/mol. The summed E-state index contributed by atoms with van der Waals surface area (Å²) in [7, 11) is -3.19. The van der Waals surface area contributed by atoms with Crippen molar-refractivity contribution in [2.24, 2.45) is 5.92 Å². The lowest BCUT2D eigenvalue weighted by Gasteiger charge is -2.19. The number of hydrogen-bond donors (Lipinski definition) is 1. The summed E-state index contributed by atoms with van der Waals surface area (Å²) in [4.78, 5) is 12.0. The second-order valence-electron chi connectivity index (χ2n) is 5.22. The van der Waals surface area contributed by atoms with E-state index >= 15 is 0 Å². The van der Waals surface area contributed by atoms with Crippen LogP contribution in [-0.4, -0.2) is 25.4 Å². The molecule has 1 amide bonds. The molecular weight excluding hydrogens is 342 g/mol. The van der Waals surface area contributed by atoms with Crippen molar-refractivity contribution >= 4 is 31.7 Å². The highest BCUT2D eigenvalue weighted by Gasteiger charge is 2.20. The molecule has 0 saturated heterocycles. The number of carbonyl (C=O) groups is 1. The van der Waals surface area contributed by atoms with Crippen LogP contribution in [0.1, 0.15) is 32.4 Å². The first-order valence-electron chi connectivity index (χ1n) is 6.37. The molecule has 0 aliphatic heterocycles. The fourth-order valence-corrected chi connectivity index (χ4v) is 2.45. The standard InChI is InChI=1S/C14H20BrNO3S/c1-9(2)13(15)14(17)16-10(3)11-5-7-12(8-6-11)20(4,18)19/h5-10,13H,1-4H3,(H,16,17). The maximum atomic E-state index is 11.9. The number of sulfone groups is 1. The van der Waals surface area contributed by atoms with Crippen LogP contribution in [0.15, 0.2) is 29.2 Å². The van der Waals surface area contributed by atoms with Crippen LogP contribution in [0.25, 0.3) is 0 Å². The summed E-state index contributed by atoms with van der Waals surface area (Å²) in [5, 5.41) is 2.90. The maximum Gasteiger partial charge on any atom is 0.234 e. The van der Waals surface area contributed by atoms with Gasteiger partial charge in [-0.3, -0.25) is 4.79 Å². The molecule has 4 nitrogen and oxygen atoms in total. The van der Waals surface area contributed by atoms with Crippen LogP contribution in [0, 0.1) is 5.92 Å². The number of amides is 1. The first-order valence-corrected chi connectivity index (χ1v) is 9.18. The number of rotatable bonds is 5. The predicted octanol–water partition coefficient (Wildman–Crippen LogP) is 2.69. The monoisotopic (exact) mass is 361 g/mol. The van der Waals surface area contributed by atoms with Crippen molar-refractivity contribution in [3.8, 4) is 0 Å². The van der Waals surface area contributed by atoms with E-state index in [9.17, 15) is 13.2 Å². The molecule has 0 radical (unpaired) electrons. The molecule has 0 heterocycles. The lowest BCUT2D eigenvalue weighted by molar-refractivity contribution is -0.121. The Kier molecular flexibility index (Phi) is 5.77. The van der Waals surface area contributed by atoms with Crippen molar-refractivity contribution in [1.29, 1.82) is 0 Å². The summed E-state index contributed by atoms with van der Waals surface area (Å²) in [6, 6.07) is 6.39. The summed E-state index contributed by atoms with van der Waals surface area (Å²) in [6.45, 7) is 5.79.